The summed E-state index contributed by atoms with van der Waals surface area (Å²) in [6.45, 7) is 5.32. The molecule has 0 unspecified atom stereocenters. The van der Waals surface area contributed by atoms with E-state index in [1.54, 1.807) is 66.7 Å². The van der Waals surface area contributed by atoms with Crippen molar-refractivity contribution in [3.05, 3.63) is 93.9 Å². The van der Waals surface area contributed by atoms with Crippen LogP contribution in [0.3, 0.4) is 0 Å². The Morgan fingerprint density at radius 1 is 0.923 bits per heavy atom. The van der Waals surface area contributed by atoms with Gasteiger partial charge in [0, 0.05) is 22.1 Å². The first kappa shape index (κ1) is 30.7. The molecule has 0 heterocycles. The van der Waals surface area contributed by atoms with Crippen LogP contribution in [0.2, 0.25) is 5.02 Å². The van der Waals surface area contributed by atoms with E-state index in [-0.39, 0.29) is 23.4 Å². The quantitative estimate of drug-likeness (QED) is 0.264. The van der Waals surface area contributed by atoms with E-state index in [4.69, 9.17) is 11.6 Å². The largest absolute Gasteiger partial charge is 0.352 e. The Labute approximate surface area is 244 Å². The smallest absolute Gasteiger partial charge is 0.264 e. The van der Waals surface area contributed by atoms with Gasteiger partial charge in [-0.2, -0.15) is 0 Å². The number of hydrogen-bond acceptors (Lipinski definition) is 4. The number of carbonyl (C=O) groups is 2. The van der Waals surface area contributed by atoms with E-state index in [1.165, 1.54) is 17.0 Å². The molecule has 0 spiro atoms. The molecule has 3 rings (SSSR count). The summed E-state index contributed by atoms with van der Waals surface area (Å²) < 4.78 is 29.4. The standard InChI is InChI=1S/C29H33BrClN3O4S/c1-4-21(3)32-29(36)27(5-2)33(19-22-11-15-24(31)16-12-22)28(35)20-34(25-17-13-23(30)14-18-25)39(37,38)26-9-7-6-8-10-26/h6-18,21,27H,4-5,19-20H2,1-3H3,(H,32,36)/t21-,27-/m1/s1. The van der Waals surface area contributed by atoms with Crippen LogP contribution in [0, 0.1) is 0 Å². The van der Waals surface area contributed by atoms with Gasteiger partial charge in [0.2, 0.25) is 11.8 Å². The fourth-order valence-corrected chi connectivity index (χ4v) is 5.83. The molecular weight excluding hydrogens is 602 g/mol. The van der Waals surface area contributed by atoms with Gasteiger partial charge in [-0.1, -0.05) is 71.7 Å². The summed E-state index contributed by atoms with van der Waals surface area (Å²) in [5.41, 5.74) is 1.10. The van der Waals surface area contributed by atoms with E-state index >= 15 is 0 Å². The van der Waals surface area contributed by atoms with Gasteiger partial charge in [0.05, 0.1) is 10.6 Å². The summed E-state index contributed by atoms with van der Waals surface area (Å²) in [4.78, 5) is 28.8. The number of hydrogen-bond donors (Lipinski definition) is 1. The third-order valence-electron chi connectivity index (χ3n) is 6.38. The summed E-state index contributed by atoms with van der Waals surface area (Å²) in [5, 5.41) is 3.52. The SMILES string of the molecule is CC[C@@H](C)NC(=O)[C@@H](CC)N(Cc1ccc(Cl)cc1)C(=O)CN(c1ccc(Br)cc1)S(=O)(=O)c1ccccc1. The molecule has 0 radical (unpaired) electrons. The maximum absolute atomic E-state index is 14.0. The van der Waals surface area contributed by atoms with Crippen LogP contribution in [0.4, 0.5) is 5.69 Å². The predicted octanol–water partition coefficient (Wildman–Crippen LogP) is 6.02. The second-order valence-electron chi connectivity index (χ2n) is 9.19. The molecule has 2 atom stereocenters. The zero-order valence-electron chi connectivity index (χ0n) is 22.2. The highest BCUT2D eigenvalue weighted by Gasteiger charge is 2.33. The summed E-state index contributed by atoms with van der Waals surface area (Å²) in [7, 11) is -4.10. The number of sulfonamides is 1. The molecule has 0 aromatic heterocycles. The van der Waals surface area contributed by atoms with Crippen molar-refractivity contribution in [1.82, 2.24) is 10.2 Å². The minimum absolute atomic E-state index is 0.0616. The number of rotatable bonds is 12. The maximum atomic E-state index is 14.0. The lowest BCUT2D eigenvalue weighted by molar-refractivity contribution is -0.140. The molecule has 0 aliphatic heterocycles. The zero-order chi connectivity index (χ0) is 28.6. The number of amides is 2. The molecule has 39 heavy (non-hydrogen) atoms. The molecule has 10 heteroatoms. The van der Waals surface area contributed by atoms with Crippen LogP contribution in [0.5, 0.6) is 0 Å². The average Bonchev–Trinajstić information content (AvgIpc) is 2.93. The topological polar surface area (TPSA) is 86.8 Å². The summed E-state index contributed by atoms with van der Waals surface area (Å²) in [5.74, 6) is -0.784. The highest BCUT2D eigenvalue weighted by molar-refractivity contribution is 9.10. The van der Waals surface area contributed by atoms with Crippen LogP contribution >= 0.6 is 27.5 Å². The van der Waals surface area contributed by atoms with Crippen LogP contribution in [0.1, 0.15) is 39.2 Å². The lowest BCUT2D eigenvalue weighted by Crippen LogP contribution is -2.53. The van der Waals surface area contributed by atoms with Gasteiger partial charge in [0.25, 0.3) is 10.0 Å². The van der Waals surface area contributed by atoms with Crippen LogP contribution in [-0.4, -0.2) is 43.8 Å². The molecule has 2 amide bonds. The molecular formula is C29H33BrClN3O4S. The Hall–Kier alpha value is -2.88. The van der Waals surface area contributed by atoms with Crippen molar-refractivity contribution in [2.45, 2.75) is 57.1 Å². The third kappa shape index (κ3) is 8.06. The van der Waals surface area contributed by atoms with Gasteiger partial charge >= 0.3 is 0 Å². The summed E-state index contributed by atoms with van der Waals surface area (Å²) >= 11 is 9.44. The molecule has 0 aliphatic rings. The van der Waals surface area contributed by atoms with Gasteiger partial charge in [0.15, 0.2) is 0 Å². The van der Waals surface area contributed by atoms with Gasteiger partial charge < -0.3 is 10.2 Å². The fourth-order valence-electron chi connectivity index (χ4n) is 4.00. The number of anilines is 1. The molecule has 0 saturated heterocycles. The van der Waals surface area contributed by atoms with Crippen molar-refractivity contribution < 1.29 is 18.0 Å². The average molecular weight is 635 g/mol. The van der Waals surface area contributed by atoms with Crippen molar-refractivity contribution >= 4 is 55.1 Å². The minimum atomic E-state index is -4.10. The Kier molecular flexibility index (Phi) is 11.0. The fraction of sp³-hybridized carbons (Fsp3) is 0.310. The van der Waals surface area contributed by atoms with Crippen LogP contribution in [0.25, 0.3) is 0 Å². The predicted molar refractivity (Wildman–Crippen MR) is 159 cm³/mol. The van der Waals surface area contributed by atoms with Crippen molar-refractivity contribution in [3.8, 4) is 0 Å². The van der Waals surface area contributed by atoms with E-state index < -0.39 is 28.5 Å². The van der Waals surface area contributed by atoms with Gasteiger partial charge in [0.1, 0.15) is 12.6 Å². The number of nitrogens with one attached hydrogen (secondary N) is 1. The summed E-state index contributed by atoms with van der Waals surface area (Å²) in [6.07, 6.45) is 1.09. The van der Waals surface area contributed by atoms with Gasteiger partial charge in [-0.15, -0.1) is 0 Å². The van der Waals surface area contributed by atoms with E-state index in [0.717, 1.165) is 20.8 Å². The lowest BCUT2D eigenvalue weighted by Gasteiger charge is -2.33. The zero-order valence-corrected chi connectivity index (χ0v) is 25.3. The van der Waals surface area contributed by atoms with Gasteiger partial charge in [-0.05, 0) is 73.9 Å². The minimum Gasteiger partial charge on any atom is -0.352 e. The number of benzene rings is 3. The Morgan fingerprint density at radius 3 is 2.10 bits per heavy atom. The molecule has 3 aromatic rings. The number of nitrogens with zero attached hydrogens (tertiary/aromatic N) is 2. The normalized spacial score (nSPS) is 12.8. The summed E-state index contributed by atoms with van der Waals surface area (Å²) in [6, 6.07) is 20.8. The molecule has 3 aromatic carbocycles. The number of halogens is 2. The van der Waals surface area contributed by atoms with E-state index in [1.807, 2.05) is 20.8 Å². The first-order valence-corrected chi connectivity index (χ1v) is 15.4. The highest BCUT2D eigenvalue weighted by Crippen LogP contribution is 2.26. The van der Waals surface area contributed by atoms with Crippen LogP contribution in [-0.2, 0) is 26.2 Å². The van der Waals surface area contributed by atoms with Crippen molar-refractivity contribution in [1.29, 1.82) is 0 Å². The molecule has 0 fully saturated rings. The second kappa shape index (κ2) is 14.0. The van der Waals surface area contributed by atoms with Crippen LogP contribution in [0.15, 0.2) is 88.2 Å². The second-order valence-corrected chi connectivity index (χ2v) is 12.4. The van der Waals surface area contributed by atoms with E-state index in [2.05, 4.69) is 21.2 Å². The molecule has 7 nitrogen and oxygen atoms in total. The first-order chi connectivity index (χ1) is 18.6. The molecule has 1 N–H and O–H groups in total. The first-order valence-electron chi connectivity index (χ1n) is 12.7. The third-order valence-corrected chi connectivity index (χ3v) is 8.95. The molecule has 208 valence electrons. The number of carbonyl (C=O) groups excluding carboxylic acids is 2. The van der Waals surface area contributed by atoms with E-state index in [9.17, 15) is 18.0 Å². The lowest BCUT2D eigenvalue weighted by atomic mass is 10.1. The molecule has 0 bridgehead atoms. The van der Waals surface area contributed by atoms with Crippen molar-refractivity contribution in [2.24, 2.45) is 0 Å². The van der Waals surface area contributed by atoms with Crippen LogP contribution < -0.4 is 9.62 Å². The highest BCUT2D eigenvalue weighted by atomic mass is 79.9. The molecule has 0 aliphatic carbocycles. The van der Waals surface area contributed by atoms with Crippen molar-refractivity contribution in [2.75, 3.05) is 10.8 Å². The van der Waals surface area contributed by atoms with Crippen molar-refractivity contribution in [3.63, 3.8) is 0 Å². The molecule has 0 saturated carbocycles. The Morgan fingerprint density at radius 2 is 1.54 bits per heavy atom. The Bertz CT molecular complexity index is 1350. The maximum Gasteiger partial charge on any atom is 0.264 e. The van der Waals surface area contributed by atoms with Gasteiger partial charge in [-0.3, -0.25) is 13.9 Å². The van der Waals surface area contributed by atoms with Gasteiger partial charge in [-0.25, -0.2) is 8.42 Å². The monoisotopic (exact) mass is 633 g/mol. The van der Waals surface area contributed by atoms with E-state index in [0.29, 0.717) is 17.1 Å². The Balaban J connectivity index is 2.03.